The van der Waals surface area contributed by atoms with Crippen LogP contribution in [0.5, 0.6) is 0 Å². The third kappa shape index (κ3) is 28.9. The zero-order chi connectivity index (χ0) is 64.5. The van der Waals surface area contributed by atoms with Gasteiger partial charge >= 0.3 is 0 Å². The fourth-order valence-electron chi connectivity index (χ4n) is 7.96. The molecule has 11 amide bonds. The molecule has 33 heteroatoms. The van der Waals surface area contributed by atoms with Crippen LogP contribution in [0.2, 0.25) is 0 Å². The van der Waals surface area contributed by atoms with Gasteiger partial charge < -0.3 is 97.5 Å². The Bertz CT molecular complexity index is 2680. The summed E-state index contributed by atoms with van der Waals surface area (Å²) in [4.78, 5) is 159. The van der Waals surface area contributed by atoms with Crippen LogP contribution in [0.3, 0.4) is 0 Å². The molecule has 8 atom stereocenters. The Morgan fingerprint density at radius 2 is 0.907 bits per heavy atom. The lowest BCUT2D eigenvalue weighted by Crippen LogP contribution is -2.60. The highest BCUT2D eigenvalue weighted by Gasteiger charge is 2.33. The fraction of sp³-hybridized carbons (Fsp3) is 0.547. The number of nitrogens with zero attached hydrogens (tertiary/aromatic N) is 4. The topological polar surface area (TPSA) is 518 Å². The number of aromatic nitrogens is 1. The maximum Gasteiger partial charge on any atom is 0.251 e. The van der Waals surface area contributed by atoms with Crippen LogP contribution in [-0.4, -0.2) is 181 Å². The molecule has 1 aromatic heterocycles. The number of hydrogen-bond donors (Lipinski definition) is 18. The Balaban J connectivity index is 2.32. The van der Waals surface area contributed by atoms with Gasteiger partial charge in [-0.2, -0.15) is 12.6 Å². The van der Waals surface area contributed by atoms with E-state index in [1.54, 1.807) is 38.1 Å². The number of nitrogens with one attached hydrogen (secondary N) is 11. The van der Waals surface area contributed by atoms with E-state index in [1.165, 1.54) is 27.7 Å². The first-order valence-electron chi connectivity index (χ1n) is 27.8. The Kier molecular flexibility index (Phi) is 32.8. The number of aliphatic imine (C=N–C) groups is 3. The normalized spacial score (nSPS) is 13.5. The summed E-state index contributed by atoms with van der Waals surface area (Å²) in [5.74, 6) is -8.85. The van der Waals surface area contributed by atoms with Crippen molar-refractivity contribution < 1.29 is 52.7 Å². The number of rotatable bonds is 38. The second-order valence-electron chi connectivity index (χ2n) is 20.3. The lowest BCUT2D eigenvalue weighted by molar-refractivity contribution is -0.135. The molecule has 0 unspecified atom stereocenters. The second kappa shape index (κ2) is 38.6. The molecular formula is C53H87N21O11S. The van der Waals surface area contributed by atoms with E-state index in [-0.39, 0.29) is 100 Å². The number of carbonyl (C=O) groups excluding carboxylic acids is 11. The van der Waals surface area contributed by atoms with E-state index in [1.807, 2.05) is 29.1 Å². The summed E-state index contributed by atoms with van der Waals surface area (Å²) in [5.41, 5.74) is 33.8. The largest absolute Gasteiger partial charge is 0.370 e. The number of carbonyl (C=O) groups is 11. The number of guanidine groups is 3. The summed E-state index contributed by atoms with van der Waals surface area (Å²) < 4.78 is 1.84. The molecule has 86 heavy (non-hydrogen) atoms. The van der Waals surface area contributed by atoms with Crippen LogP contribution in [0, 0.1) is 5.92 Å². The van der Waals surface area contributed by atoms with Crippen LogP contribution in [0.1, 0.15) is 96.8 Å². The zero-order valence-corrected chi connectivity index (χ0v) is 50.3. The minimum Gasteiger partial charge on any atom is -0.370 e. The van der Waals surface area contributed by atoms with E-state index < -0.39 is 126 Å². The zero-order valence-electron chi connectivity index (χ0n) is 49.4. The van der Waals surface area contributed by atoms with Crippen LogP contribution in [0.4, 0.5) is 0 Å². The molecule has 2 aromatic rings. The van der Waals surface area contributed by atoms with Gasteiger partial charge in [0, 0.05) is 69.0 Å². The lowest BCUT2D eigenvalue weighted by Gasteiger charge is -2.27. The molecule has 0 aliphatic rings. The molecule has 0 fully saturated rings. The molecule has 0 aliphatic carbocycles. The fourth-order valence-corrected chi connectivity index (χ4v) is 8.07. The second-order valence-corrected chi connectivity index (χ2v) is 20.8. The Morgan fingerprint density at radius 3 is 1.37 bits per heavy atom. The smallest absolute Gasteiger partial charge is 0.251 e. The predicted molar refractivity (Wildman–Crippen MR) is 325 cm³/mol. The van der Waals surface area contributed by atoms with Crippen LogP contribution >= 0.6 is 12.6 Å². The minimum absolute atomic E-state index is 0.00151. The van der Waals surface area contributed by atoms with E-state index in [0.29, 0.717) is 5.75 Å². The van der Waals surface area contributed by atoms with Crippen molar-refractivity contribution in [1.29, 1.82) is 0 Å². The molecule has 0 radical (unpaired) electrons. The summed E-state index contributed by atoms with van der Waals surface area (Å²) in [6.07, 6.45) is 4.01. The first-order chi connectivity index (χ1) is 40.6. The van der Waals surface area contributed by atoms with Crippen molar-refractivity contribution in [3.05, 3.63) is 54.4 Å². The average Bonchev–Trinajstić information content (AvgIpc) is 3.70. The van der Waals surface area contributed by atoms with Gasteiger partial charge in [-0.15, -0.1) is 0 Å². The third-order valence-corrected chi connectivity index (χ3v) is 12.6. The third-order valence-electron chi connectivity index (χ3n) is 12.4. The van der Waals surface area contributed by atoms with Gasteiger partial charge in [-0.25, -0.2) is 0 Å². The van der Waals surface area contributed by atoms with E-state index in [9.17, 15) is 52.7 Å². The quantitative estimate of drug-likeness (QED) is 0.0129. The standard InChI is InChI=1S/C53H87N21O11S/c1-29(2)26-39(72-44(79)32(5)67-41(76)28-65-46(81)36(12-9-19-61-51(54)55)70-47(82)37(13-10-20-62-52(56)57)69-43(78)31(4)66-33(6)75)49(84)71-38(14-11-21-63-53(58)59)48(83)73-40(50(85)68-30(3)42(77)60-22-25-86)27-64-45(80)34-15-17-35(18-16-34)74-23-7-8-24-74/h7-8,15-18,23-24,29-32,36-40,86H,9-14,19-22,25-28H2,1-6H3,(H,60,77)(H,64,80)(H,65,81)(H,66,75)(H,67,76)(H,68,85)(H,69,78)(H,70,82)(H,71,84)(H,72,79)(H,73,83)(H4,54,55,61)(H4,56,57,62)(H4,58,59,63)/t30-,31-,32-,36-,37-,38-,39-,40-/m0/s1. The van der Waals surface area contributed by atoms with Gasteiger partial charge in [0.1, 0.15) is 48.3 Å². The summed E-state index contributed by atoms with van der Waals surface area (Å²) in [6, 6.07) is -0.00247. The van der Waals surface area contributed by atoms with Crippen molar-refractivity contribution in [1.82, 2.24) is 63.1 Å². The Labute approximate surface area is 504 Å². The van der Waals surface area contributed by atoms with Crippen LogP contribution < -0.4 is 92.9 Å². The molecule has 0 saturated carbocycles. The Hall–Kier alpha value is -9.17. The van der Waals surface area contributed by atoms with Gasteiger partial charge in [0.25, 0.3) is 5.91 Å². The van der Waals surface area contributed by atoms with Gasteiger partial charge in [0.2, 0.25) is 59.1 Å². The molecule has 476 valence electrons. The molecule has 0 saturated heterocycles. The first kappa shape index (κ1) is 72.9. The molecule has 1 aromatic carbocycles. The van der Waals surface area contributed by atoms with Gasteiger partial charge in [-0.3, -0.25) is 67.7 Å². The van der Waals surface area contributed by atoms with E-state index >= 15 is 0 Å². The van der Waals surface area contributed by atoms with Crippen molar-refractivity contribution in [2.45, 2.75) is 135 Å². The van der Waals surface area contributed by atoms with E-state index in [2.05, 4.69) is 86.1 Å². The molecule has 0 bridgehead atoms. The lowest BCUT2D eigenvalue weighted by atomic mass is 10.0. The molecule has 0 aliphatic heterocycles. The number of amides is 11. The number of benzene rings is 1. The average molecular weight is 1230 g/mol. The van der Waals surface area contributed by atoms with Crippen LogP contribution in [0.25, 0.3) is 5.69 Å². The van der Waals surface area contributed by atoms with Crippen molar-refractivity contribution in [3.8, 4) is 5.69 Å². The van der Waals surface area contributed by atoms with Gasteiger partial charge in [0.15, 0.2) is 17.9 Å². The predicted octanol–water partition coefficient (Wildman–Crippen LogP) is -5.47. The molecule has 0 spiro atoms. The summed E-state index contributed by atoms with van der Waals surface area (Å²) in [7, 11) is 0. The summed E-state index contributed by atoms with van der Waals surface area (Å²) >= 11 is 4.09. The maximum absolute atomic E-state index is 14.3. The van der Waals surface area contributed by atoms with E-state index in [0.717, 1.165) is 5.69 Å². The number of hydrogen-bond acceptors (Lipinski definition) is 15. The molecule has 23 N–H and O–H groups in total. The highest BCUT2D eigenvalue weighted by molar-refractivity contribution is 7.80. The number of thiol groups is 1. The highest BCUT2D eigenvalue weighted by atomic mass is 32.1. The minimum atomic E-state index is -1.51. The van der Waals surface area contributed by atoms with Crippen LogP contribution in [0.15, 0.2) is 63.8 Å². The number of nitrogens with two attached hydrogens (primary N) is 6. The van der Waals surface area contributed by atoms with Crippen molar-refractivity contribution in [3.63, 3.8) is 0 Å². The van der Waals surface area contributed by atoms with Crippen molar-refractivity contribution in [2.24, 2.45) is 55.3 Å². The first-order valence-corrected chi connectivity index (χ1v) is 28.5. The summed E-state index contributed by atoms with van der Waals surface area (Å²) in [5, 5.41) is 28.1. The SMILES string of the molecule is CC(=O)N[C@@H](C)C(=O)N[C@@H](CCCN=C(N)N)C(=O)N[C@@H](CCCN=C(N)N)C(=O)NCC(=O)N[C@@H](C)C(=O)N[C@@H](CC(C)C)C(=O)N[C@@H](CCCN=C(N)N)C(=O)N[C@@H](CNC(=O)c1ccc(-n2cccc2)cc1)C(=O)N[C@@H](C)C(=O)NCCS. The van der Waals surface area contributed by atoms with E-state index in [4.69, 9.17) is 34.4 Å². The monoisotopic (exact) mass is 1230 g/mol. The van der Waals surface area contributed by atoms with Crippen molar-refractivity contribution >= 4 is 95.5 Å². The Morgan fingerprint density at radius 1 is 0.488 bits per heavy atom. The maximum atomic E-state index is 14.3. The van der Waals surface area contributed by atoms with Crippen LogP contribution in [-0.2, 0) is 47.9 Å². The van der Waals surface area contributed by atoms with Gasteiger partial charge in [-0.1, -0.05) is 13.8 Å². The molecule has 32 nitrogen and oxygen atoms in total. The van der Waals surface area contributed by atoms with Gasteiger partial charge in [-0.05, 0) is 108 Å². The highest BCUT2D eigenvalue weighted by Crippen LogP contribution is 2.12. The molecule has 1 heterocycles. The van der Waals surface area contributed by atoms with Gasteiger partial charge in [0.05, 0.1) is 6.54 Å². The molecular weight excluding hydrogens is 1140 g/mol. The molecule has 2 rings (SSSR count). The summed E-state index contributed by atoms with van der Waals surface area (Å²) in [6.45, 7) is 8.07. The van der Waals surface area contributed by atoms with Crippen molar-refractivity contribution in [2.75, 3.05) is 45.0 Å².